The number of anilines is 6. The minimum absolute atomic E-state index is 0. The molecule has 89 heavy (non-hydrogen) atoms. The van der Waals surface area contributed by atoms with Crippen molar-refractivity contribution in [2.45, 2.75) is 96.4 Å². The Morgan fingerprint density at radius 3 is 1.18 bits per heavy atom. The molecule has 15 rings (SSSR count). The number of amides is 3. The first-order valence-electron chi connectivity index (χ1n) is 29.6. The second-order valence-corrected chi connectivity index (χ2v) is 23.5. The molecule has 0 aliphatic heterocycles. The zero-order valence-corrected chi connectivity index (χ0v) is 49.3. The summed E-state index contributed by atoms with van der Waals surface area (Å²) in [6, 6.07) is 35.1. The van der Waals surface area contributed by atoms with Gasteiger partial charge in [-0.1, -0.05) is 27.2 Å². The lowest BCUT2D eigenvalue weighted by Gasteiger charge is -2.43. The van der Waals surface area contributed by atoms with Crippen LogP contribution in [0.5, 0.6) is 0 Å². The first-order valence-corrected chi connectivity index (χ1v) is 29.6. The van der Waals surface area contributed by atoms with E-state index in [9.17, 15) is 18.8 Å². The van der Waals surface area contributed by atoms with Crippen LogP contribution in [0.3, 0.4) is 0 Å². The van der Waals surface area contributed by atoms with Crippen LogP contribution in [0, 0.1) is 5.92 Å². The SMILES string of the molecule is C.CC1CC(N(C)C(=O)c2nccc3cc(Nc4n[nH]c5cccnc45)ccc23)C1.CN(C(=O)c1nccc2cc(Nc3n[nH]c4cccnc34)ccc12)C1CC(C)(F)C1.CN(C(=O)c1nccc2cc(Nc3n[nH]c4cccnc34)ccc12)C1CCCC1. The largest absolute Gasteiger partial charge is 0.337 e. The number of benzene rings is 3. The number of carbonyl (C=O) groups is 3. The Labute approximate surface area is 512 Å². The highest BCUT2D eigenvalue weighted by molar-refractivity contribution is 6.08. The number of rotatable bonds is 12. The van der Waals surface area contributed by atoms with E-state index in [1.54, 1.807) is 56.1 Å². The molecule has 452 valence electrons. The molecule has 0 spiro atoms. The summed E-state index contributed by atoms with van der Waals surface area (Å²) in [5.74, 6) is 2.45. The molecule has 0 unspecified atom stereocenters. The highest BCUT2D eigenvalue weighted by Gasteiger charge is 2.44. The molecular weight excluding hydrogens is 1120 g/mol. The van der Waals surface area contributed by atoms with Crippen molar-refractivity contribution in [3.8, 4) is 0 Å². The van der Waals surface area contributed by atoms with Gasteiger partial charge in [0.25, 0.3) is 17.7 Å². The molecular formula is C67H69FN18O3. The maximum absolute atomic E-state index is 13.9. The molecule has 3 aliphatic rings. The summed E-state index contributed by atoms with van der Waals surface area (Å²) in [4.78, 5) is 70.6. The van der Waals surface area contributed by atoms with E-state index < -0.39 is 5.67 Å². The number of nitrogens with one attached hydrogen (secondary N) is 6. The van der Waals surface area contributed by atoms with E-state index in [0.717, 1.165) is 108 Å². The third-order valence-electron chi connectivity index (χ3n) is 17.2. The number of carbonyl (C=O) groups excluding carboxylic acids is 3. The average Bonchev–Trinajstić information content (AvgIpc) is 2.40. The van der Waals surface area contributed by atoms with Gasteiger partial charge in [-0.25, -0.2) is 4.39 Å². The van der Waals surface area contributed by atoms with Crippen LogP contribution in [0.15, 0.2) is 146 Å². The summed E-state index contributed by atoms with van der Waals surface area (Å²) in [6.45, 7) is 3.79. The van der Waals surface area contributed by atoms with Gasteiger partial charge >= 0.3 is 0 Å². The van der Waals surface area contributed by atoms with E-state index >= 15 is 0 Å². The fourth-order valence-corrected chi connectivity index (χ4v) is 12.2. The lowest BCUT2D eigenvalue weighted by molar-refractivity contribution is -0.000965. The van der Waals surface area contributed by atoms with Gasteiger partial charge < -0.3 is 30.7 Å². The first kappa shape index (κ1) is 58.9. The highest BCUT2D eigenvalue weighted by Crippen LogP contribution is 2.40. The molecule has 6 N–H and O–H groups in total. The molecule has 3 aromatic carbocycles. The van der Waals surface area contributed by atoms with Crippen molar-refractivity contribution in [1.82, 2.24) is 75.2 Å². The van der Waals surface area contributed by atoms with Crippen molar-refractivity contribution in [2.75, 3.05) is 37.1 Å². The molecule has 3 amide bonds. The molecule has 22 heteroatoms. The molecule has 0 atom stereocenters. The number of fused-ring (bicyclic) bond motifs is 6. The first-order chi connectivity index (χ1) is 42.7. The maximum atomic E-state index is 13.9. The molecule has 3 saturated carbocycles. The van der Waals surface area contributed by atoms with Crippen molar-refractivity contribution < 1.29 is 18.8 Å². The van der Waals surface area contributed by atoms with Gasteiger partial charge in [0.15, 0.2) is 17.5 Å². The zero-order chi connectivity index (χ0) is 60.6. The van der Waals surface area contributed by atoms with Crippen LogP contribution in [-0.4, -0.2) is 138 Å². The summed E-state index contributed by atoms with van der Waals surface area (Å²) >= 11 is 0. The highest BCUT2D eigenvalue weighted by atomic mass is 19.1. The van der Waals surface area contributed by atoms with Crippen LogP contribution in [-0.2, 0) is 0 Å². The number of aromatic nitrogens is 12. The van der Waals surface area contributed by atoms with Gasteiger partial charge in [0.1, 0.15) is 39.3 Å². The fourth-order valence-electron chi connectivity index (χ4n) is 12.2. The van der Waals surface area contributed by atoms with Crippen molar-refractivity contribution in [3.05, 3.63) is 163 Å². The standard InChI is InChI=1S/C22H21FN6O.2C22H22N6O.CH4/c1-22(23)11-15(12-22)29(2)21(30)18-16-6-5-14(10-13(16)7-9-25-18)26-20-19-17(27-28-20)4-3-8-24-19;1-13-10-16(11-13)28(2)22(29)19-17-6-5-15(12-14(17)7-9-24-19)25-21-20-18(26-27-21)4-3-8-23-20;1-28(16-5-2-3-6-16)22(29)19-17-9-8-15(13-14(17)10-12-24-19)25-21-20-18(26-27-21)7-4-11-23-20;/h3-10,15H,11-12H2,1-2H3,(H2,26,27,28);3-9,12-13,16H,10-11H2,1-2H3,(H2,25,26,27);4,7-13,16H,2-3,5-6H2,1H3,(H2,25,26,27);1H4. The molecule has 0 bridgehead atoms. The third-order valence-corrected chi connectivity index (χ3v) is 17.2. The Morgan fingerprint density at radius 2 is 0.831 bits per heavy atom. The number of aromatic amines is 3. The van der Waals surface area contributed by atoms with Crippen LogP contribution >= 0.6 is 0 Å². The number of hydrogen-bond acceptors (Lipinski definition) is 15. The van der Waals surface area contributed by atoms with Crippen LogP contribution in [0.4, 0.5) is 38.9 Å². The monoisotopic (exact) mass is 1190 g/mol. The number of alkyl halides is 1. The summed E-state index contributed by atoms with van der Waals surface area (Å²) < 4.78 is 13.9. The van der Waals surface area contributed by atoms with Crippen molar-refractivity contribution in [2.24, 2.45) is 5.92 Å². The topological polar surface area (TPSA) is 260 Å². The number of halogens is 1. The molecule has 9 heterocycles. The van der Waals surface area contributed by atoms with E-state index in [2.05, 4.69) is 83.4 Å². The molecule has 0 radical (unpaired) electrons. The molecule has 0 saturated heterocycles. The molecule has 9 aromatic heterocycles. The smallest absolute Gasteiger partial charge is 0.273 e. The minimum Gasteiger partial charge on any atom is -0.337 e. The Kier molecular flexibility index (Phi) is 16.3. The van der Waals surface area contributed by atoms with Gasteiger partial charge in [-0.05, 0) is 164 Å². The van der Waals surface area contributed by atoms with E-state index in [1.807, 2.05) is 133 Å². The van der Waals surface area contributed by atoms with E-state index in [4.69, 9.17) is 0 Å². The summed E-state index contributed by atoms with van der Waals surface area (Å²) in [7, 11) is 5.49. The quantitative estimate of drug-likeness (QED) is 0.0664. The predicted molar refractivity (Wildman–Crippen MR) is 347 cm³/mol. The zero-order valence-electron chi connectivity index (χ0n) is 49.3. The Bertz CT molecular complexity index is 4580. The van der Waals surface area contributed by atoms with Gasteiger partial charge in [-0.2, -0.15) is 15.3 Å². The second kappa shape index (κ2) is 24.7. The lowest BCUT2D eigenvalue weighted by atomic mass is 9.78. The Balaban J connectivity index is 0.000000129. The van der Waals surface area contributed by atoms with Crippen molar-refractivity contribution >= 4 is 118 Å². The van der Waals surface area contributed by atoms with Crippen LogP contribution < -0.4 is 16.0 Å². The van der Waals surface area contributed by atoms with Crippen molar-refractivity contribution in [1.29, 1.82) is 0 Å². The fraction of sp³-hybridized carbons (Fsp3) is 0.284. The second-order valence-electron chi connectivity index (χ2n) is 23.5. The summed E-state index contributed by atoms with van der Waals surface area (Å²) in [6.07, 6.45) is 17.6. The van der Waals surface area contributed by atoms with Gasteiger partial charge in [-0.3, -0.25) is 59.6 Å². The van der Waals surface area contributed by atoms with Gasteiger partial charge in [0.05, 0.1) is 16.6 Å². The molecule has 12 aromatic rings. The van der Waals surface area contributed by atoms with Crippen LogP contribution in [0.25, 0.3) is 65.4 Å². The van der Waals surface area contributed by atoms with Gasteiger partial charge in [0.2, 0.25) is 0 Å². The number of nitrogens with zero attached hydrogens (tertiary/aromatic N) is 12. The number of hydrogen-bond donors (Lipinski definition) is 6. The van der Waals surface area contributed by atoms with Crippen molar-refractivity contribution in [3.63, 3.8) is 0 Å². The summed E-state index contributed by atoms with van der Waals surface area (Å²) in [5, 5.41) is 37.0. The lowest BCUT2D eigenvalue weighted by Crippen LogP contribution is -2.52. The average molecular weight is 1190 g/mol. The molecule has 3 aliphatic carbocycles. The third kappa shape index (κ3) is 12.0. The van der Waals surface area contributed by atoms with Crippen LogP contribution in [0.1, 0.15) is 104 Å². The normalized spacial score (nSPS) is 17.8. The van der Waals surface area contributed by atoms with Gasteiger partial charge in [0, 0.05) is 123 Å². The summed E-state index contributed by atoms with van der Waals surface area (Å²) in [5.41, 5.74) is 7.72. The van der Waals surface area contributed by atoms with E-state index in [1.165, 1.54) is 12.8 Å². The molecule has 21 nitrogen and oxygen atoms in total. The number of pyridine rings is 6. The number of H-pyrrole nitrogens is 3. The van der Waals surface area contributed by atoms with E-state index in [-0.39, 0.29) is 31.2 Å². The van der Waals surface area contributed by atoms with E-state index in [0.29, 0.717) is 65.4 Å². The maximum Gasteiger partial charge on any atom is 0.273 e. The van der Waals surface area contributed by atoms with Crippen LogP contribution in [0.2, 0.25) is 0 Å². The predicted octanol–water partition coefficient (Wildman–Crippen LogP) is 13.2. The van der Waals surface area contributed by atoms with Gasteiger partial charge in [-0.15, -0.1) is 0 Å². The minimum atomic E-state index is -1.18. The molecule has 3 fully saturated rings. The Morgan fingerprint density at radius 1 is 0.483 bits per heavy atom. The Hall–Kier alpha value is -10.5.